The van der Waals surface area contributed by atoms with Gasteiger partial charge in [0.15, 0.2) is 0 Å². The summed E-state index contributed by atoms with van der Waals surface area (Å²) < 4.78 is 25.7. The maximum absolute atomic E-state index is 12.1. The van der Waals surface area contributed by atoms with Crippen LogP contribution in [-0.2, 0) is 10.0 Å². The second kappa shape index (κ2) is 6.37. The Kier molecular flexibility index (Phi) is 5.44. The summed E-state index contributed by atoms with van der Waals surface area (Å²) in [6.45, 7) is 7.54. The van der Waals surface area contributed by atoms with Crippen molar-refractivity contribution in [2.24, 2.45) is 0 Å². The fourth-order valence-corrected chi connectivity index (χ4v) is 3.79. The summed E-state index contributed by atoms with van der Waals surface area (Å²) in [6.07, 6.45) is 4.53. The highest BCUT2D eigenvalue weighted by atomic mass is 32.2. The molecule has 0 saturated carbocycles. The summed E-state index contributed by atoms with van der Waals surface area (Å²) in [5.74, 6) is 0.223. The summed E-state index contributed by atoms with van der Waals surface area (Å²) in [5, 5.41) is 3.22. The molecule has 0 radical (unpaired) electrons. The molecule has 1 saturated heterocycles. The van der Waals surface area contributed by atoms with Crippen LogP contribution in [0, 0.1) is 0 Å². The molecule has 94 valence electrons. The summed E-state index contributed by atoms with van der Waals surface area (Å²) >= 11 is 0. The number of nitrogens with one attached hydrogen (secondary N) is 1. The molecule has 0 spiro atoms. The van der Waals surface area contributed by atoms with Gasteiger partial charge in [-0.15, -0.1) is 6.58 Å². The number of rotatable bonds is 7. The zero-order valence-electron chi connectivity index (χ0n) is 9.98. The van der Waals surface area contributed by atoms with Crippen molar-refractivity contribution >= 4 is 10.0 Å². The van der Waals surface area contributed by atoms with Crippen molar-refractivity contribution in [2.45, 2.75) is 32.2 Å². The molecule has 0 aliphatic carbocycles. The average Bonchev–Trinajstić information content (AvgIpc) is 2.69. The molecule has 0 aromatic heterocycles. The zero-order chi connectivity index (χ0) is 12.0. The molecular weight excluding hydrogens is 224 g/mol. The molecule has 0 aromatic carbocycles. The lowest BCUT2D eigenvalue weighted by atomic mass is 10.3. The van der Waals surface area contributed by atoms with E-state index in [4.69, 9.17) is 0 Å². The molecule has 1 aliphatic rings. The van der Waals surface area contributed by atoms with Gasteiger partial charge in [-0.25, -0.2) is 8.42 Å². The van der Waals surface area contributed by atoms with Crippen molar-refractivity contribution in [1.82, 2.24) is 9.62 Å². The third-order valence-corrected chi connectivity index (χ3v) is 4.72. The molecular formula is C11H22N2O2S. The average molecular weight is 246 g/mol. The third-order valence-electron chi connectivity index (χ3n) is 2.77. The number of hydrogen-bond acceptors (Lipinski definition) is 3. The topological polar surface area (TPSA) is 49.4 Å². The lowest BCUT2D eigenvalue weighted by molar-refractivity contribution is 0.436. The van der Waals surface area contributed by atoms with E-state index in [0.717, 1.165) is 25.8 Å². The molecule has 0 bridgehead atoms. The summed E-state index contributed by atoms with van der Waals surface area (Å²) in [4.78, 5) is 0. The predicted molar refractivity (Wildman–Crippen MR) is 66.9 cm³/mol. The smallest absolute Gasteiger partial charge is 0.215 e. The van der Waals surface area contributed by atoms with Gasteiger partial charge < -0.3 is 5.32 Å². The minimum Gasteiger partial charge on any atom is -0.313 e. The van der Waals surface area contributed by atoms with Crippen LogP contribution in [-0.4, -0.2) is 44.2 Å². The molecule has 1 heterocycles. The quantitative estimate of drug-likeness (QED) is 0.681. The van der Waals surface area contributed by atoms with Gasteiger partial charge >= 0.3 is 0 Å². The molecule has 0 aromatic rings. The maximum atomic E-state index is 12.1. The Morgan fingerprint density at radius 3 is 2.81 bits per heavy atom. The first-order chi connectivity index (χ1) is 7.60. The normalized spacial score (nSPS) is 21.5. The van der Waals surface area contributed by atoms with Gasteiger partial charge in [-0.05, 0) is 25.8 Å². The number of hydrogen-bond donors (Lipinski definition) is 1. The first-order valence-corrected chi connectivity index (χ1v) is 7.53. The van der Waals surface area contributed by atoms with E-state index in [2.05, 4.69) is 11.9 Å². The molecule has 16 heavy (non-hydrogen) atoms. The van der Waals surface area contributed by atoms with E-state index in [1.54, 1.807) is 6.08 Å². The van der Waals surface area contributed by atoms with Gasteiger partial charge in [-0.1, -0.05) is 13.0 Å². The Morgan fingerprint density at radius 1 is 1.56 bits per heavy atom. The van der Waals surface area contributed by atoms with E-state index in [9.17, 15) is 8.42 Å². The lowest BCUT2D eigenvalue weighted by Crippen LogP contribution is -2.40. The number of sulfonamides is 1. The maximum Gasteiger partial charge on any atom is 0.215 e. The predicted octanol–water partition coefficient (Wildman–Crippen LogP) is 0.966. The fourth-order valence-electron chi connectivity index (χ4n) is 2.00. The van der Waals surface area contributed by atoms with Crippen LogP contribution in [0.1, 0.15) is 26.2 Å². The van der Waals surface area contributed by atoms with Gasteiger partial charge in [0.05, 0.1) is 5.75 Å². The second-order valence-corrected chi connectivity index (χ2v) is 6.23. The molecule has 1 atom stereocenters. The van der Waals surface area contributed by atoms with Gasteiger partial charge in [0.25, 0.3) is 0 Å². The van der Waals surface area contributed by atoms with Gasteiger partial charge in [0, 0.05) is 19.1 Å². The Bertz CT molecular complexity index is 308. The Labute approximate surface area is 98.8 Å². The van der Waals surface area contributed by atoms with Crippen molar-refractivity contribution in [3.8, 4) is 0 Å². The highest BCUT2D eigenvalue weighted by Crippen LogP contribution is 2.11. The molecule has 1 unspecified atom stereocenters. The molecule has 5 heteroatoms. The van der Waals surface area contributed by atoms with Crippen molar-refractivity contribution in [3.05, 3.63) is 12.7 Å². The highest BCUT2D eigenvalue weighted by Gasteiger charge is 2.26. The summed E-state index contributed by atoms with van der Waals surface area (Å²) in [5.41, 5.74) is 0. The van der Waals surface area contributed by atoms with Crippen molar-refractivity contribution in [2.75, 3.05) is 25.4 Å². The SMILES string of the molecule is C=CCN(CCC)S(=O)(=O)CC1CCCN1. The van der Waals surface area contributed by atoms with Crippen molar-refractivity contribution in [3.63, 3.8) is 0 Å². The van der Waals surface area contributed by atoms with Crippen LogP contribution in [0.2, 0.25) is 0 Å². The summed E-state index contributed by atoms with van der Waals surface area (Å²) in [7, 11) is -3.13. The van der Waals surface area contributed by atoms with Crippen LogP contribution in [0.15, 0.2) is 12.7 Å². The largest absolute Gasteiger partial charge is 0.313 e. The second-order valence-electron chi connectivity index (χ2n) is 4.22. The molecule has 4 nitrogen and oxygen atoms in total. The highest BCUT2D eigenvalue weighted by molar-refractivity contribution is 7.89. The molecule has 1 aliphatic heterocycles. The van der Waals surface area contributed by atoms with E-state index in [1.807, 2.05) is 6.92 Å². The first-order valence-electron chi connectivity index (χ1n) is 5.92. The van der Waals surface area contributed by atoms with Gasteiger partial charge in [0.1, 0.15) is 0 Å². The van der Waals surface area contributed by atoms with Gasteiger partial charge in [-0.2, -0.15) is 4.31 Å². The molecule has 0 amide bonds. The third kappa shape index (κ3) is 3.88. The molecule has 1 N–H and O–H groups in total. The Morgan fingerprint density at radius 2 is 2.31 bits per heavy atom. The van der Waals surface area contributed by atoms with Crippen LogP contribution < -0.4 is 5.32 Å². The monoisotopic (exact) mass is 246 g/mol. The van der Waals surface area contributed by atoms with E-state index < -0.39 is 10.0 Å². The van der Waals surface area contributed by atoms with Crippen LogP contribution in [0.5, 0.6) is 0 Å². The van der Waals surface area contributed by atoms with Crippen LogP contribution in [0.3, 0.4) is 0 Å². The van der Waals surface area contributed by atoms with E-state index in [-0.39, 0.29) is 11.8 Å². The zero-order valence-corrected chi connectivity index (χ0v) is 10.8. The molecule has 1 rings (SSSR count). The van der Waals surface area contributed by atoms with Crippen LogP contribution in [0.25, 0.3) is 0 Å². The van der Waals surface area contributed by atoms with E-state index in [1.165, 1.54) is 4.31 Å². The Hall–Kier alpha value is -0.390. The van der Waals surface area contributed by atoms with Crippen molar-refractivity contribution < 1.29 is 8.42 Å². The standard InChI is InChI=1S/C11H22N2O2S/c1-3-8-13(9-4-2)16(14,15)10-11-6-5-7-12-11/h3,11-12H,1,4-10H2,2H3. The molecule has 1 fully saturated rings. The summed E-state index contributed by atoms with van der Waals surface area (Å²) in [6, 6.07) is 0.133. The van der Waals surface area contributed by atoms with E-state index >= 15 is 0 Å². The van der Waals surface area contributed by atoms with Gasteiger partial charge in [-0.3, -0.25) is 0 Å². The Balaban J connectivity index is 2.60. The van der Waals surface area contributed by atoms with Crippen LogP contribution in [0.4, 0.5) is 0 Å². The van der Waals surface area contributed by atoms with Gasteiger partial charge in [0.2, 0.25) is 10.0 Å². The lowest BCUT2D eigenvalue weighted by Gasteiger charge is -2.22. The minimum absolute atomic E-state index is 0.133. The van der Waals surface area contributed by atoms with Crippen molar-refractivity contribution in [1.29, 1.82) is 0 Å². The number of nitrogens with zero attached hydrogens (tertiary/aromatic N) is 1. The first kappa shape index (κ1) is 13.7. The van der Waals surface area contributed by atoms with Crippen LogP contribution >= 0.6 is 0 Å². The minimum atomic E-state index is -3.13. The van der Waals surface area contributed by atoms with E-state index in [0.29, 0.717) is 13.1 Å². The fraction of sp³-hybridized carbons (Fsp3) is 0.818.